The molecule has 2 rings (SSSR count). The molecule has 94 valence electrons. The summed E-state index contributed by atoms with van der Waals surface area (Å²) >= 11 is 1.39. The topological polar surface area (TPSA) is 61.8 Å². The van der Waals surface area contributed by atoms with E-state index in [2.05, 4.69) is 4.74 Å². The monoisotopic (exact) mass is 266 g/mol. The number of thiophene rings is 1. The van der Waals surface area contributed by atoms with Gasteiger partial charge in [-0.25, -0.2) is 9.59 Å². The predicted molar refractivity (Wildman–Crippen MR) is 64.4 cm³/mol. The molecule has 2 heterocycles. The number of ether oxygens (including phenoxy) is 3. The Morgan fingerprint density at radius 1 is 1.44 bits per heavy atom. The molecule has 0 radical (unpaired) electrons. The Balaban J connectivity index is 2.47. The smallest absolute Gasteiger partial charge is 0.349 e. The van der Waals surface area contributed by atoms with Crippen LogP contribution in [-0.4, -0.2) is 26.2 Å². The van der Waals surface area contributed by atoms with Crippen molar-refractivity contribution in [1.29, 1.82) is 0 Å². The highest BCUT2D eigenvalue weighted by Crippen LogP contribution is 2.35. The third kappa shape index (κ3) is 2.14. The first kappa shape index (κ1) is 12.4. The third-order valence-corrected chi connectivity index (χ3v) is 3.17. The number of methoxy groups -OCH3 is 2. The second kappa shape index (κ2) is 5.05. The van der Waals surface area contributed by atoms with Crippen molar-refractivity contribution >= 4 is 28.8 Å². The summed E-state index contributed by atoms with van der Waals surface area (Å²) in [5.74, 6) is -0.838. The van der Waals surface area contributed by atoms with Crippen LogP contribution in [0.4, 0.5) is 0 Å². The minimum Gasteiger partial charge on any atom is -0.492 e. The van der Waals surface area contributed by atoms with Crippen LogP contribution < -0.4 is 0 Å². The van der Waals surface area contributed by atoms with Crippen LogP contribution in [0.15, 0.2) is 35.1 Å². The molecule has 0 unspecified atom stereocenters. The van der Waals surface area contributed by atoms with Crippen LogP contribution in [0.25, 0.3) is 5.57 Å². The average Bonchev–Trinajstić information content (AvgIpc) is 2.96. The number of hydrogen-bond donors (Lipinski definition) is 0. The average molecular weight is 266 g/mol. The summed E-state index contributed by atoms with van der Waals surface area (Å²) in [6.45, 7) is 0. The minimum atomic E-state index is -0.611. The van der Waals surface area contributed by atoms with Crippen molar-refractivity contribution < 1.29 is 23.8 Å². The highest BCUT2D eigenvalue weighted by Gasteiger charge is 2.33. The second-order valence-electron chi connectivity index (χ2n) is 3.31. The molecule has 1 aromatic heterocycles. The van der Waals surface area contributed by atoms with E-state index < -0.39 is 11.9 Å². The van der Waals surface area contributed by atoms with Crippen molar-refractivity contribution in [2.75, 3.05) is 14.2 Å². The van der Waals surface area contributed by atoms with Gasteiger partial charge >= 0.3 is 11.9 Å². The highest BCUT2D eigenvalue weighted by atomic mass is 32.1. The maximum atomic E-state index is 11.8. The summed E-state index contributed by atoms with van der Waals surface area (Å²) in [5.41, 5.74) is 0.322. The fourth-order valence-electron chi connectivity index (χ4n) is 1.51. The molecule has 0 bridgehead atoms. The Morgan fingerprint density at radius 2 is 2.22 bits per heavy atom. The van der Waals surface area contributed by atoms with Crippen LogP contribution in [0.5, 0.6) is 0 Å². The Hall–Kier alpha value is -2.08. The quantitative estimate of drug-likeness (QED) is 0.615. The molecule has 0 fully saturated rings. The van der Waals surface area contributed by atoms with Crippen LogP contribution in [0.3, 0.4) is 0 Å². The van der Waals surface area contributed by atoms with Crippen molar-refractivity contribution in [2.24, 2.45) is 0 Å². The van der Waals surface area contributed by atoms with E-state index in [4.69, 9.17) is 9.47 Å². The van der Waals surface area contributed by atoms with Gasteiger partial charge in [-0.1, -0.05) is 6.07 Å². The summed E-state index contributed by atoms with van der Waals surface area (Å²) in [7, 11) is 2.66. The van der Waals surface area contributed by atoms with E-state index in [1.807, 2.05) is 11.4 Å². The molecule has 0 aromatic carbocycles. The summed E-state index contributed by atoms with van der Waals surface area (Å²) in [6.07, 6.45) is 1.08. The van der Waals surface area contributed by atoms with E-state index in [0.29, 0.717) is 5.57 Å². The zero-order valence-electron chi connectivity index (χ0n) is 9.76. The van der Waals surface area contributed by atoms with Crippen LogP contribution in [0.2, 0.25) is 0 Å². The maximum Gasteiger partial charge on any atom is 0.349 e. The largest absolute Gasteiger partial charge is 0.492 e. The van der Waals surface area contributed by atoms with E-state index in [-0.39, 0.29) is 11.5 Å². The second-order valence-corrected chi connectivity index (χ2v) is 4.25. The number of carbonyl (C=O) groups excluding carboxylic acids is 2. The summed E-state index contributed by atoms with van der Waals surface area (Å²) < 4.78 is 14.6. The lowest BCUT2D eigenvalue weighted by Crippen LogP contribution is -2.00. The first-order valence-corrected chi connectivity index (χ1v) is 5.89. The van der Waals surface area contributed by atoms with Crippen LogP contribution in [0.1, 0.15) is 4.88 Å². The molecule has 6 heteroatoms. The molecule has 0 atom stereocenters. The summed E-state index contributed by atoms with van der Waals surface area (Å²) in [6, 6.07) is 3.59. The SMILES string of the molecule is COC(=O)/C=C1\OC(=O)C(c2cccs2)=C1OC. The number of esters is 2. The van der Waals surface area contributed by atoms with Gasteiger partial charge in [0.15, 0.2) is 11.5 Å². The van der Waals surface area contributed by atoms with Gasteiger partial charge in [-0.15, -0.1) is 11.3 Å². The van der Waals surface area contributed by atoms with Gasteiger partial charge in [0.1, 0.15) is 5.57 Å². The molecular formula is C12H10O5S. The normalized spacial score (nSPS) is 17.0. The molecule has 0 N–H and O–H groups in total. The van der Waals surface area contributed by atoms with Crippen LogP contribution >= 0.6 is 11.3 Å². The lowest BCUT2D eigenvalue weighted by molar-refractivity contribution is -0.135. The van der Waals surface area contributed by atoms with Gasteiger partial charge in [-0.2, -0.15) is 0 Å². The van der Waals surface area contributed by atoms with E-state index in [0.717, 1.165) is 11.0 Å². The number of hydrogen-bond acceptors (Lipinski definition) is 6. The van der Waals surface area contributed by atoms with Crippen molar-refractivity contribution in [3.05, 3.63) is 40.0 Å². The molecule has 0 saturated heterocycles. The maximum absolute atomic E-state index is 11.8. The minimum absolute atomic E-state index is 0.0674. The number of cyclic esters (lactones) is 1. The van der Waals surface area contributed by atoms with E-state index in [9.17, 15) is 9.59 Å². The predicted octanol–water partition coefficient (Wildman–Crippen LogP) is 1.72. The summed E-state index contributed by atoms with van der Waals surface area (Å²) in [4.78, 5) is 23.7. The standard InChI is InChI=1S/C12H10O5S/c1-15-9(13)6-7-11(16-2)10(12(14)17-7)8-4-3-5-18-8/h3-6H,1-2H3/b7-6-. The zero-order chi connectivity index (χ0) is 13.1. The number of rotatable bonds is 3. The van der Waals surface area contributed by atoms with E-state index in [1.165, 1.54) is 25.6 Å². The van der Waals surface area contributed by atoms with Gasteiger partial charge in [0.05, 0.1) is 20.3 Å². The molecule has 1 aliphatic heterocycles. The van der Waals surface area contributed by atoms with Gasteiger partial charge in [0.2, 0.25) is 0 Å². The van der Waals surface area contributed by atoms with Gasteiger partial charge in [0.25, 0.3) is 0 Å². The first-order valence-electron chi connectivity index (χ1n) is 5.01. The Morgan fingerprint density at radius 3 is 2.78 bits per heavy atom. The first-order chi connectivity index (χ1) is 8.67. The van der Waals surface area contributed by atoms with Crippen molar-refractivity contribution in [1.82, 2.24) is 0 Å². The molecule has 0 spiro atoms. The van der Waals surface area contributed by atoms with Crippen molar-refractivity contribution in [3.8, 4) is 0 Å². The molecule has 0 aliphatic carbocycles. The third-order valence-electron chi connectivity index (χ3n) is 2.28. The Labute approximate surface area is 107 Å². The molecule has 1 aliphatic rings. The Kier molecular flexibility index (Phi) is 3.47. The molecular weight excluding hydrogens is 256 g/mol. The van der Waals surface area contributed by atoms with E-state index in [1.54, 1.807) is 6.07 Å². The van der Waals surface area contributed by atoms with E-state index >= 15 is 0 Å². The van der Waals surface area contributed by atoms with Crippen molar-refractivity contribution in [2.45, 2.75) is 0 Å². The molecule has 18 heavy (non-hydrogen) atoms. The Bertz CT molecular complexity index is 539. The van der Waals surface area contributed by atoms with Gasteiger partial charge in [-0.3, -0.25) is 0 Å². The van der Waals surface area contributed by atoms with Crippen molar-refractivity contribution in [3.63, 3.8) is 0 Å². The molecule has 5 nitrogen and oxygen atoms in total. The fourth-order valence-corrected chi connectivity index (χ4v) is 2.26. The van der Waals surface area contributed by atoms with Crippen LogP contribution in [0, 0.1) is 0 Å². The van der Waals surface area contributed by atoms with Gasteiger partial charge < -0.3 is 14.2 Å². The molecule has 0 amide bonds. The van der Waals surface area contributed by atoms with Crippen LogP contribution in [-0.2, 0) is 23.8 Å². The fraction of sp³-hybridized carbons (Fsp3) is 0.167. The highest BCUT2D eigenvalue weighted by molar-refractivity contribution is 7.11. The molecule has 0 saturated carbocycles. The van der Waals surface area contributed by atoms with Gasteiger partial charge in [0, 0.05) is 4.88 Å². The summed E-state index contributed by atoms with van der Waals surface area (Å²) in [5, 5.41) is 1.84. The lowest BCUT2D eigenvalue weighted by Gasteiger charge is -2.01. The number of carbonyl (C=O) groups is 2. The van der Waals surface area contributed by atoms with Gasteiger partial charge in [-0.05, 0) is 11.4 Å². The molecule has 1 aromatic rings. The zero-order valence-corrected chi connectivity index (χ0v) is 10.6. The lowest BCUT2D eigenvalue weighted by atomic mass is 10.2.